The van der Waals surface area contributed by atoms with Gasteiger partial charge in [-0.25, -0.2) is 0 Å². The van der Waals surface area contributed by atoms with E-state index < -0.39 is 0 Å². The molecule has 110 valence electrons. The first-order valence-electron chi connectivity index (χ1n) is 7.15. The third-order valence-corrected chi connectivity index (χ3v) is 3.40. The molecular weight excluding hydrogens is 274 g/mol. The van der Waals surface area contributed by atoms with Gasteiger partial charge in [0.15, 0.2) is 0 Å². The highest BCUT2D eigenvalue weighted by Crippen LogP contribution is 2.13. The molecule has 4 heteroatoms. The summed E-state index contributed by atoms with van der Waals surface area (Å²) in [5.74, 6) is -0.101. The van der Waals surface area contributed by atoms with Gasteiger partial charge in [0, 0.05) is 23.6 Å². The molecule has 0 spiro atoms. The van der Waals surface area contributed by atoms with Crippen molar-refractivity contribution < 1.29 is 4.79 Å². The van der Waals surface area contributed by atoms with Crippen LogP contribution in [0.3, 0.4) is 0 Å². The summed E-state index contributed by atoms with van der Waals surface area (Å²) < 4.78 is 1.85. The van der Waals surface area contributed by atoms with Crippen molar-refractivity contribution in [3.05, 3.63) is 83.7 Å². The maximum Gasteiger partial charge on any atom is 0.255 e. The zero-order valence-corrected chi connectivity index (χ0v) is 12.4. The van der Waals surface area contributed by atoms with Crippen LogP contribution in [0.2, 0.25) is 0 Å². The fourth-order valence-electron chi connectivity index (χ4n) is 2.24. The highest BCUT2D eigenvalue weighted by Gasteiger charge is 2.06. The molecule has 0 aliphatic carbocycles. The molecule has 4 nitrogen and oxygen atoms in total. The highest BCUT2D eigenvalue weighted by atomic mass is 16.1. The van der Waals surface area contributed by atoms with Crippen LogP contribution < -0.4 is 5.32 Å². The Labute approximate surface area is 129 Å². The Hall–Kier alpha value is -2.88. The Morgan fingerprint density at radius 3 is 2.68 bits per heavy atom. The van der Waals surface area contributed by atoms with Gasteiger partial charge in [0.25, 0.3) is 5.91 Å². The van der Waals surface area contributed by atoms with Gasteiger partial charge in [-0.15, -0.1) is 0 Å². The first kappa shape index (κ1) is 14.1. The summed E-state index contributed by atoms with van der Waals surface area (Å²) in [6.45, 7) is 2.68. The van der Waals surface area contributed by atoms with Crippen molar-refractivity contribution in [3.63, 3.8) is 0 Å². The number of amides is 1. The second kappa shape index (κ2) is 6.26. The topological polar surface area (TPSA) is 46.9 Å². The number of nitrogens with zero attached hydrogens (tertiary/aromatic N) is 2. The Morgan fingerprint density at radius 2 is 1.95 bits per heavy atom. The molecule has 0 saturated heterocycles. The minimum absolute atomic E-state index is 0.101. The average molecular weight is 291 g/mol. The summed E-state index contributed by atoms with van der Waals surface area (Å²) in [6, 6.07) is 17.2. The van der Waals surface area contributed by atoms with Crippen LogP contribution in [0.1, 0.15) is 21.5 Å². The number of nitrogens with one attached hydrogen (secondary N) is 1. The van der Waals surface area contributed by atoms with E-state index in [2.05, 4.69) is 10.4 Å². The van der Waals surface area contributed by atoms with Gasteiger partial charge in [-0.1, -0.05) is 29.8 Å². The lowest BCUT2D eigenvalue weighted by Crippen LogP contribution is -2.12. The number of rotatable bonds is 4. The number of carbonyl (C=O) groups is 1. The summed E-state index contributed by atoms with van der Waals surface area (Å²) >= 11 is 0. The molecule has 0 bridgehead atoms. The van der Waals surface area contributed by atoms with Crippen LogP contribution in [0.25, 0.3) is 0 Å². The molecule has 1 N–H and O–H groups in total. The van der Waals surface area contributed by atoms with Crippen LogP contribution in [0, 0.1) is 6.92 Å². The predicted octanol–water partition coefficient (Wildman–Crippen LogP) is 3.49. The fourth-order valence-corrected chi connectivity index (χ4v) is 2.24. The van der Waals surface area contributed by atoms with Gasteiger partial charge in [-0.2, -0.15) is 5.10 Å². The molecule has 0 atom stereocenters. The molecule has 1 amide bonds. The van der Waals surface area contributed by atoms with Crippen LogP contribution >= 0.6 is 0 Å². The maximum absolute atomic E-state index is 12.2. The molecule has 1 heterocycles. The summed E-state index contributed by atoms with van der Waals surface area (Å²) in [7, 11) is 0. The standard InChI is InChI=1S/C18H17N3O/c1-14-6-8-16(9-7-14)18(22)20-17-5-2-4-15(12-17)13-21-11-3-10-19-21/h2-12H,13H2,1H3,(H,20,22). The van der Waals surface area contributed by atoms with Crippen molar-refractivity contribution in [1.29, 1.82) is 0 Å². The number of hydrogen-bond acceptors (Lipinski definition) is 2. The van der Waals surface area contributed by atoms with Gasteiger partial charge in [-0.3, -0.25) is 9.48 Å². The lowest BCUT2D eigenvalue weighted by molar-refractivity contribution is 0.102. The molecule has 0 radical (unpaired) electrons. The maximum atomic E-state index is 12.2. The molecule has 0 aliphatic rings. The summed E-state index contributed by atoms with van der Waals surface area (Å²) in [5, 5.41) is 7.12. The van der Waals surface area contributed by atoms with E-state index >= 15 is 0 Å². The lowest BCUT2D eigenvalue weighted by atomic mass is 10.1. The normalized spacial score (nSPS) is 10.4. The monoisotopic (exact) mass is 291 g/mol. The number of anilines is 1. The van der Waals surface area contributed by atoms with E-state index in [-0.39, 0.29) is 5.91 Å². The van der Waals surface area contributed by atoms with Crippen molar-refractivity contribution in [2.45, 2.75) is 13.5 Å². The molecule has 0 saturated carbocycles. The molecule has 1 aromatic heterocycles. The van der Waals surface area contributed by atoms with Crippen LogP contribution in [-0.4, -0.2) is 15.7 Å². The zero-order valence-electron chi connectivity index (χ0n) is 12.4. The Morgan fingerprint density at radius 1 is 1.14 bits per heavy atom. The smallest absolute Gasteiger partial charge is 0.255 e. The summed E-state index contributed by atoms with van der Waals surface area (Å²) in [4.78, 5) is 12.2. The minimum atomic E-state index is -0.101. The van der Waals surface area contributed by atoms with Crippen molar-refractivity contribution in [2.24, 2.45) is 0 Å². The van der Waals surface area contributed by atoms with Gasteiger partial charge in [0.1, 0.15) is 0 Å². The number of carbonyl (C=O) groups excluding carboxylic acids is 1. The van der Waals surface area contributed by atoms with Crippen molar-refractivity contribution in [2.75, 3.05) is 5.32 Å². The largest absolute Gasteiger partial charge is 0.322 e. The van der Waals surface area contributed by atoms with E-state index in [1.165, 1.54) is 0 Å². The predicted molar refractivity (Wildman–Crippen MR) is 86.9 cm³/mol. The van der Waals surface area contributed by atoms with E-state index in [0.29, 0.717) is 12.1 Å². The second-order valence-corrected chi connectivity index (χ2v) is 5.22. The first-order chi connectivity index (χ1) is 10.7. The number of aromatic nitrogens is 2. The number of aryl methyl sites for hydroxylation is 1. The van der Waals surface area contributed by atoms with Gasteiger partial charge in [0.2, 0.25) is 0 Å². The number of benzene rings is 2. The number of hydrogen-bond donors (Lipinski definition) is 1. The summed E-state index contributed by atoms with van der Waals surface area (Å²) in [6.07, 6.45) is 3.67. The molecular formula is C18H17N3O. The van der Waals surface area contributed by atoms with E-state index in [4.69, 9.17) is 0 Å². The van der Waals surface area contributed by atoms with Crippen LogP contribution in [-0.2, 0) is 6.54 Å². The van der Waals surface area contributed by atoms with Gasteiger partial charge >= 0.3 is 0 Å². The van der Waals surface area contributed by atoms with Gasteiger partial charge in [0.05, 0.1) is 6.54 Å². The first-order valence-corrected chi connectivity index (χ1v) is 7.15. The molecule has 0 fully saturated rings. The molecule has 0 unspecified atom stereocenters. The lowest BCUT2D eigenvalue weighted by Gasteiger charge is -2.08. The fraction of sp³-hybridized carbons (Fsp3) is 0.111. The average Bonchev–Trinajstić information content (AvgIpc) is 3.01. The summed E-state index contributed by atoms with van der Waals surface area (Å²) in [5.41, 5.74) is 3.67. The minimum Gasteiger partial charge on any atom is -0.322 e. The zero-order chi connectivity index (χ0) is 15.4. The van der Waals surface area contributed by atoms with Crippen molar-refractivity contribution in [3.8, 4) is 0 Å². The molecule has 3 aromatic rings. The Balaban J connectivity index is 1.72. The Kier molecular flexibility index (Phi) is 4.01. The van der Waals surface area contributed by atoms with E-state index in [1.807, 2.05) is 72.4 Å². The van der Waals surface area contributed by atoms with Crippen molar-refractivity contribution >= 4 is 11.6 Å². The van der Waals surface area contributed by atoms with E-state index in [1.54, 1.807) is 6.20 Å². The van der Waals surface area contributed by atoms with Gasteiger partial charge < -0.3 is 5.32 Å². The molecule has 22 heavy (non-hydrogen) atoms. The van der Waals surface area contributed by atoms with E-state index in [9.17, 15) is 4.79 Å². The van der Waals surface area contributed by atoms with E-state index in [0.717, 1.165) is 16.8 Å². The van der Waals surface area contributed by atoms with Gasteiger partial charge in [-0.05, 0) is 42.8 Å². The van der Waals surface area contributed by atoms with Crippen molar-refractivity contribution in [1.82, 2.24) is 9.78 Å². The van der Waals surface area contributed by atoms with Crippen LogP contribution in [0.15, 0.2) is 67.0 Å². The third kappa shape index (κ3) is 3.41. The Bertz CT molecular complexity index is 761. The molecule has 0 aliphatic heterocycles. The SMILES string of the molecule is Cc1ccc(C(=O)Nc2cccc(Cn3cccn3)c2)cc1. The second-order valence-electron chi connectivity index (χ2n) is 5.22. The highest BCUT2D eigenvalue weighted by molar-refractivity contribution is 6.04. The third-order valence-electron chi connectivity index (χ3n) is 3.40. The molecule has 3 rings (SSSR count). The molecule has 2 aromatic carbocycles. The van der Waals surface area contributed by atoms with Crippen LogP contribution in [0.4, 0.5) is 5.69 Å². The quantitative estimate of drug-likeness (QED) is 0.800. The van der Waals surface area contributed by atoms with Crippen LogP contribution in [0.5, 0.6) is 0 Å².